The van der Waals surface area contributed by atoms with Gasteiger partial charge in [-0.05, 0) is 54.1 Å². The van der Waals surface area contributed by atoms with E-state index in [0.717, 1.165) is 45.2 Å². The number of methoxy groups -OCH3 is 2. The van der Waals surface area contributed by atoms with Crippen LogP contribution in [0.3, 0.4) is 0 Å². The lowest BCUT2D eigenvalue weighted by molar-refractivity contribution is 0.0746. The zero-order valence-corrected chi connectivity index (χ0v) is 21.9. The summed E-state index contributed by atoms with van der Waals surface area (Å²) < 4.78 is 12.7. The van der Waals surface area contributed by atoms with Gasteiger partial charge in [0, 0.05) is 49.2 Å². The highest BCUT2D eigenvalue weighted by Gasteiger charge is 2.26. The fraction of sp³-hybridized carbons (Fsp3) is 0.194. The number of piperazine rings is 1. The first-order valence-electron chi connectivity index (χ1n) is 12.9. The van der Waals surface area contributed by atoms with Gasteiger partial charge in [-0.25, -0.2) is 9.97 Å². The van der Waals surface area contributed by atoms with Gasteiger partial charge < -0.3 is 23.8 Å². The third kappa shape index (κ3) is 4.65. The molecule has 0 unspecified atom stereocenters. The number of ether oxygens (including phenoxy) is 2. The summed E-state index contributed by atoms with van der Waals surface area (Å²) in [5, 5.41) is 0.995. The van der Waals surface area contributed by atoms with E-state index in [1.807, 2.05) is 71.6 Å². The van der Waals surface area contributed by atoms with E-state index in [1.165, 1.54) is 0 Å². The predicted molar refractivity (Wildman–Crippen MR) is 152 cm³/mol. The molecule has 3 aromatic carbocycles. The van der Waals surface area contributed by atoms with Crippen LogP contribution in [0.5, 0.6) is 11.5 Å². The molecule has 8 heteroatoms. The maximum Gasteiger partial charge on any atom is 0.253 e. The minimum atomic E-state index is 0.0285. The Balaban J connectivity index is 1.34. The molecule has 0 radical (unpaired) electrons. The summed E-state index contributed by atoms with van der Waals surface area (Å²) in [6.45, 7) is 2.57. The van der Waals surface area contributed by atoms with Gasteiger partial charge in [-0.2, -0.15) is 0 Å². The van der Waals surface area contributed by atoms with Gasteiger partial charge in [0.25, 0.3) is 5.91 Å². The smallest absolute Gasteiger partial charge is 0.253 e. The molecule has 0 N–H and O–H groups in total. The van der Waals surface area contributed by atoms with Crippen LogP contribution in [0.4, 0.5) is 5.82 Å². The van der Waals surface area contributed by atoms with Crippen molar-refractivity contribution in [2.75, 3.05) is 45.3 Å². The highest BCUT2D eigenvalue weighted by Crippen LogP contribution is 2.37. The van der Waals surface area contributed by atoms with E-state index in [9.17, 15) is 4.79 Å². The topological polar surface area (TPSA) is 72.7 Å². The Bertz CT molecular complexity index is 1590. The van der Waals surface area contributed by atoms with E-state index in [2.05, 4.69) is 27.8 Å². The van der Waals surface area contributed by atoms with Crippen molar-refractivity contribution < 1.29 is 14.3 Å². The standard InChI is InChI=1S/C31H29N5O3/c1-38-25-12-8-23(9-13-25)31(37)35-18-16-34(17-19-35)29-28-27(22-6-4-3-5-7-22)20-36(30(28)33-21-32-29)24-10-14-26(39-2)15-11-24/h3-15,20-21H,16-19H2,1-2H3. The van der Waals surface area contributed by atoms with Gasteiger partial charge in [0.15, 0.2) is 5.65 Å². The third-order valence-corrected chi connectivity index (χ3v) is 7.20. The molecule has 1 aliphatic rings. The Labute approximate surface area is 227 Å². The van der Waals surface area contributed by atoms with Crippen molar-refractivity contribution in [2.24, 2.45) is 0 Å². The van der Waals surface area contributed by atoms with Crippen molar-refractivity contribution in [2.45, 2.75) is 0 Å². The zero-order chi connectivity index (χ0) is 26.8. The molecule has 39 heavy (non-hydrogen) atoms. The summed E-state index contributed by atoms with van der Waals surface area (Å²) in [5.74, 6) is 2.44. The van der Waals surface area contributed by atoms with Crippen molar-refractivity contribution in [1.82, 2.24) is 19.4 Å². The average molecular weight is 520 g/mol. The van der Waals surface area contributed by atoms with E-state index in [4.69, 9.17) is 19.4 Å². The minimum Gasteiger partial charge on any atom is -0.497 e. The fourth-order valence-electron chi connectivity index (χ4n) is 5.10. The molecule has 196 valence electrons. The molecule has 2 aromatic heterocycles. The summed E-state index contributed by atoms with van der Waals surface area (Å²) >= 11 is 0. The van der Waals surface area contributed by atoms with Gasteiger partial charge in [-0.1, -0.05) is 30.3 Å². The van der Waals surface area contributed by atoms with Gasteiger partial charge >= 0.3 is 0 Å². The van der Waals surface area contributed by atoms with Crippen LogP contribution in [0.2, 0.25) is 0 Å². The summed E-state index contributed by atoms with van der Waals surface area (Å²) in [6.07, 6.45) is 3.75. The second-order valence-electron chi connectivity index (χ2n) is 9.38. The Morgan fingerprint density at radius 1 is 0.769 bits per heavy atom. The number of hydrogen-bond donors (Lipinski definition) is 0. The highest BCUT2D eigenvalue weighted by molar-refractivity contribution is 6.02. The van der Waals surface area contributed by atoms with Crippen LogP contribution in [0, 0.1) is 0 Å². The Kier molecular flexibility index (Phi) is 6.59. The van der Waals surface area contributed by atoms with Gasteiger partial charge in [-0.3, -0.25) is 4.79 Å². The monoisotopic (exact) mass is 519 g/mol. The van der Waals surface area contributed by atoms with Crippen molar-refractivity contribution in [3.8, 4) is 28.3 Å². The number of benzene rings is 3. The molecule has 0 spiro atoms. The van der Waals surface area contributed by atoms with Gasteiger partial charge in [-0.15, -0.1) is 0 Å². The number of nitrogens with zero attached hydrogens (tertiary/aromatic N) is 5. The first-order chi connectivity index (χ1) is 19.2. The lowest BCUT2D eigenvalue weighted by Gasteiger charge is -2.35. The minimum absolute atomic E-state index is 0.0285. The Morgan fingerprint density at radius 3 is 2.05 bits per heavy atom. The van der Waals surface area contributed by atoms with Crippen molar-refractivity contribution in [3.63, 3.8) is 0 Å². The first-order valence-corrected chi connectivity index (χ1v) is 12.9. The van der Waals surface area contributed by atoms with Gasteiger partial charge in [0.2, 0.25) is 0 Å². The number of hydrogen-bond acceptors (Lipinski definition) is 6. The molecular weight excluding hydrogens is 490 g/mol. The molecule has 1 aliphatic heterocycles. The largest absolute Gasteiger partial charge is 0.497 e. The van der Waals surface area contributed by atoms with Crippen LogP contribution in [0.1, 0.15) is 10.4 Å². The van der Waals surface area contributed by atoms with Crippen LogP contribution in [0.15, 0.2) is 91.4 Å². The second kappa shape index (κ2) is 10.5. The summed E-state index contributed by atoms with van der Waals surface area (Å²) in [7, 11) is 3.28. The first kappa shape index (κ1) is 24.5. The molecule has 0 bridgehead atoms. The number of anilines is 1. The van der Waals surface area contributed by atoms with Crippen molar-refractivity contribution >= 4 is 22.8 Å². The Hall–Kier alpha value is -4.85. The van der Waals surface area contributed by atoms with Crippen LogP contribution < -0.4 is 14.4 Å². The Morgan fingerprint density at radius 2 is 1.41 bits per heavy atom. The zero-order valence-electron chi connectivity index (χ0n) is 21.9. The third-order valence-electron chi connectivity index (χ3n) is 7.20. The highest BCUT2D eigenvalue weighted by atomic mass is 16.5. The summed E-state index contributed by atoms with van der Waals surface area (Å²) in [4.78, 5) is 26.8. The maximum atomic E-state index is 13.1. The molecule has 8 nitrogen and oxygen atoms in total. The van der Waals surface area contributed by atoms with E-state index in [1.54, 1.807) is 20.5 Å². The van der Waals surface area contributed by atoms with Gasteiger partial charge in [0.05, 0.1) is 19.6 Å². The number of aromatic nitrogens is 3. The molecule has 1 saturated heterocycles. The molecule has 6 rings (SSSR count). The fourth-order valence-corrected chi connectivity index (χ4v) is 5.10. The van der Waals surface area contributed by atoms with Crippen LogP contribution >= 0.6 is 0 Å². The molecule has 0 atom stereocenters. The lowest BCUT2D eigenvalue weighted by Crippen LogP contribution is -2.49. The molecule has 1 fully saturated rings. The molecule has 5 aromatic rings. The lowest BCUT2D eigenvalue weighted by atomic mass is 10.1. The maximum absolute atomic E-state index is 13.1. The van der Waals surface area contributed by atoms with E-state index < -0.39 is 0 Å². The molecule has 0 saturated carbocycles. The van der Waals surface area contributed by atoms with Crippen LogP contribution in [-0.4, -0.2) is 65.7 Å². The average Bonchev–Trinajstić information content (AvgIpc) is 3.41. The van der Waals surface area contributed by atoms with Crippen LogP contribution in [-0.2, 0) is 0 Å². The predicted octanol–water partition coefficient (Wildman–Crippen LogP) is 5.07. The molecule has 0 aliphatic carbocycles. The molecule has 1 amide bonds. The van der Waals surface area contributed by atoms with E-state index >= 15 is 0 Å². The summed E-state index contributed by atoms with van der Waals surface area (Å²) in [5.41, 5.74) is 4.65. The van der Waals surface area contributed by atoms with Crippen molar-refractivity contribution in [1.29, 1.82) is 0 Å². The molecular formula is C31H29N5O3. The number of carbonyl (C=O) groups excluding carboxylic acids is 1. The van der Waals surface area contributed by atoms with E-state index in [0.29, 0.717) is 31.7 Å². The number of amides is 1. The number of fused-ring (bicyclic) bond motifs is 1. The SMILES string of the molecule is COc1ccc(C(=O)N2CCN(c3ncnc4c3c(-c3ccccc3)cn4-c3ccc(OC)cc3)CC2)cc1. The van der Waals surface area contributed by atoms with Crippen molar-refractivity contribution in [3.05, 3.63) is 97.0 Å². The second-order valence-corrected chi connectivity index (χ2v) is 9.38. The molecule has 3 heterocycles. The van der Waals surface area contributed by atoms with Gasteiger partial charge in [0.1, 0.15) is 23.6 Å². The number of rotatable bonds is 6. The summed E-state index contributed by atoms with van der Waals surface area (Å²) in [6, 6.07) is 25.5. The quantitative estimate of drug-likeness (QED) is 0.312. The van der Waals surface area contributed by atoms with E-state index in [-0.39, 0.29) is 5.91 Å². The number of carbonyl (C=O) groups is 1. The van der Waals surface area contributed by atoms with Crippen LogP contribution in [0.25, 0.3) is 27.8 Å². The normalized spacial score (nSPS) is 13.5.